The highest BCUT2D eigenvalue weighted by Crippen LogP contribution is 2.35. The van der Waals surface area contributed by atoms with Crippen molar-refractivity contribution in [3.05, 3.63) is 72.6 Å². The number of nitrogens with two attached hydrogens (primary N) is 1. The number of likely N-dealkylation sites (tertiary alicyclic amines) is 2. The van der Waals surface area contributed by atoms with Crippen LogP contribution < -0.4 is 16.4 Å². The SMILES string of the molecule is COC(=O)N[C@H](C(=O)N1CCC[C@H]1c1ncc(-c2ccc(-c3ccc(-c4cnc([C@@H]5CCCN5C(=O)[C@@H](Nc5nc(N)n(C)n5)C(C)C)[nH]4)cc3)cc2)[nH]1)C(C)C. The number of amides is 3. The molecule has 7 rings (SSSR count). The third-order valence-corrected chi connectivity index (χ3v) is 11.0. The highest BCUT2D eigenvalue weighted by molar-refractivity contribution is 5.87. The Morgan fingerprint density at radius 2 is 1.21 bits per heavy atom. The Kier molecular flexibility index (Phi) is 11.3. The molecule has 5 heterocycles. The van der Waals surface area contributed by atoms with E-state index in [0.29, 0.717) is 19.0 Å². The van der Waals surface area contributed by atoms with Crippen molar-refractivity contribution in [2.75, 3.05) is 31.2 Å². The van der Waals surface area contributed by atoms with E-state index in [2.05, 4.69) is 84.2 Å². The summed E-state index contributed by atoms with van der Waals surface area (Å²) in [5.41, 5.74) is 11.7. The van der Waals surface area contributed by atoms with Gasteiger partial charge in [0.25, 0.3) is 0 Å². The summed E-state index contributed by atoms with van der Waals surface area (Å²) in [4.78, 5) is 63.7. The molecular formula is C41H52N12O4. The number of nitrogens with one attached hydrogen (secondary N) is 4. The van der Waals surface area contributed by atoms with Gasteiger partial charge in [-0.15, -0.1) is 5.10 Å². The van der Waals surface area contributed by atoms with Gasteiger partial charge in [0.05, 0.1) is 43.0 Å². The molecule has 6 N–H and O–H groups in total. The first-order valence-electron chi connectivity index (χ1n) is 19.6. The molecule has 4 atom stereocenters. The minimum Gasteiger partial charge on any atom is -0.453 e. The van der Waals surface area contributed by atoms with Gasteiger partial charge >= 0.3 is 6.09 Å². The molecular weight excluding hydrogens is 725 g/mol. The molecule has 0 saturated carbocycles. The summed E-state index contributed by atoms with van der Waals surface area (Å²) < 4.78 is 6.23. The number of aromatic amines is 2. The van der Waals surface area contributed by atoms with Crippen molar-refractivity contribution in [3.63, 3.8) is 0 Å². The van der Waals surface area contributed by atoms with Gasteiger partial charge in [0.15, 0.2) is 0 Å². The van der Waals surface area contributed by atoms with Gasteiger partial charge in [0.1, 0.15) is 23.7 Å². The number of hydrogen-bond acceptors (Lipinski definition) is 10. The van der Waals surface area contributed by atoms with Gasteiger partial charge in [-0.05, 0) is 59.8 Å². The Balaban J connectivity index is 0.997. The highest BCUT2D eigenvalue weighted by atomic mass is 16.5. The molecule has 2 saturated heterocycles. The van der Waals surface area contributed by atoms with E-state index in [4.69, 9.17) is 15.5 Å². The second kappa shape index (κ2) is 16.5. The number of ether oxygens (including phenoxy) is 1. The third kappa shape index (κ3) is 8.20. The summed E-state index contributed by atoms with van der Waals surface area (Å²) in [5.74, 6) is 1.85. The minimum atomic E-state index is -0.685. The van der Waals surface area contributed by atoms with E-state index in [0.717, 1.165) is 71.0 Å². The van der Waals surface area contributed by atoms with Gasteiger partial charge in [-0.1, -0.05) is 76.2 Å². The summed E-state index contributed by atoms with van der Waals surface area (Å²) in [6.07, 6.45) is 6.36. The normalized spacial score (nSPS) is 18.0. The van der Waals surface area contributed by atoms with Crippen LogP contribution in [0.15, 0.2) is 60.9 Å². The van der Waals surface area contributed by atoms with E-state index in [-0.39, 0.29) is 41.7 Å². The molecule has 57 heavy (non-hydrogen) atoms. The molecule has 5 aromatic rings. The van der Waals surface area contributed by atoms with Crippen LogP contribution in [0.25, 0.3) is 33.6 Å². The number of nitrogens with zero attached hydrogens (tertiary/aromatic N) is 7. The molecule has 2 aliphatic heterocycles. The lowest BCUT2D eigenvalue weighted by atomic mass is 10.0. The van der Waals surface area contributed by atoms with E-state index >= 15 is 0 Å². The molecule has 3 aromatic heterocycles. The quantitative estimate of drug-likeness (QED) is 0.105. The zero-order valence-corrected chi connectivity index (χ0v) is 33.3. The Hall–Kier alpha value is -6.19. The number of anilines is 2. The maximum Gasteiger partial charge on any atom is 0.407 e. The fourth-order valence-electron chi connectivity index (χ4n) is 7.79. The Morgan fingerprint density at radius 3 is 1.63 bits per heavy atom. The maximum atomic E-state index is 13.9. The first kappa shape index (κ1) is 39.1. The molecule has 0 unspecified atom stereocenters. The highest BCUT2D eigenvalue weighted by Gasteiger charge is 2.39. The zero-order valence-electron chi connectivity index (χ0n) is 33.3. The molecule has 0 aliphatic carbocycles. The lowest BCUT2D eigenvalue weighted by Crippen LogP contribution is -2.51. The second-order valence-corrected chi connectivity index (χ2v) is 15.5. The Labute approximate surface area is 332 Å². The number of H-pyrrole nitrogens is 2. The maximum absolute atomic E-state index is 13.9. The lowest BCUT2D eigenvalue weighted by Gasteiger charge is -2.30. The largest absolute Gasteiger partial charge is 0.453 e. The van der Waals surface area contributed by atoms with Crippen LogP contribution in [0.5, 0.6) is 0 Å². The molecule has 0 bridgehead atoms. The molecule has 16 nitrogen and oxygen atoms in total. The number of imidazole rings is 2. The molecule has 2 aromatic carbocycles. The Morgan fingerprint density at radius 1 is 0.754 bits per heavy atom. The number of alkyl carbamates (subject to hydrolysis) is 1. The third-order valence-electron chi connectivity index (χ3n) is 11.0. The number of aromatic nitrogens is 7. The van der Waals surface area contributed by atoms with Crippen molar-refractivity contribution < 1.29 is 19.1 Å². The predicted molar refractivity (Wildman–Crippen MR) is 216 cm³/mol. The number of rotatable bonds is 12. The molecule has 3 amide bonds. The van der Waals surface area contributed by atoms with Crippen LogP contribution in [-0.2, 0) is 21.4 Å². The second-order valence-electron chi connectivity index (χ2n) is 15.5. The van der Waals surface area contributed by atoms with Gasteiger partial charge in [0.2, 0.25) is 23.7 Å². The summed E-state index contributed by atoms with van der Waals surface area (Å²) in [6, 6.07) is 15.1. The topological polar surface area (TPSA) is 205 Å². The van der Waals surface area contributed by atoms with Crippen LogP contribution in [0.3, 0.4) is 0 Å². The fraction of sp³-hybridized carbons (Fsp3) is 0.439. The van der Waals surface area contributed by atoms with E-state index in [9.17, 15) is 14.4 Å². The van der Waals surface area contributed by atoms with E-state index < -0.39 is 18.2 Å². The number of hydrogen-bond donors (Lipinski definition) is 5. The first-order chi connectivity index (χ1) is 27.4. The van der Waals surface area contributed by atoms with Crippen LogP contribution >= 0.6 is 0 Å². The number of nitrogen functional groups attached to an aromatic ring is 1. The average molecular weight is 777 g/mol. The Bertz CT molecular complexity index is 2170. The number of benzene rings is 2. The molecule has 2 aliphatic rings. The summed E-state index contributed by atoms with van der Waals surface area (Å²) in [6.45, 7) is 9.05. The monoisotopic (exact) mass is 776 g/mol. The first-order valence-corrected chi connectivity index (χ1v) is 19.6. The average Bonchev–Trinajstić information content (AvgIpc) is 4.06. The van der Waals surface area contributed by atoms with Crippen LogP contribution in [0.4, 0.5) is 16.7 Å². The number of aryl methyl sites for hydroxylation is 1. The van der Waals surface area contributed by atoms with Crippen molar-refractivity contribution in [2.24, 2.45) is 18.9 Å². The number of methoxy groups -OCH3 is 1. The van der Waals surface area contributed by atoms with Crippen LogP contribution in [-0.4, -0.2) is 94.7 Å². The standard InChI is InChI=1S/C41H52N12O4/c1-23(2)33(47-40-49-39(42)51(5)50-40)37(54)52-19-7-9-31(52)35-43-21-29(45-35)27-15-11-25(12-16-27)26-13-17-28(18-14-26)30-22-44-36(46-30)32-10-8-20-53(32)38(55)34(24(3)4)48-41(56)57-6/h11-18,21-24,31-34H,7-10,19-20H2,1-6H3,(H,43,45)(H,44,46)(H,48,56)(H3,42,47,49,50)/t31-,32-,33-,34-/m0/s1. The predicted octanol–water partition coefficient (Wildman–Crippen LogP) is 5.69. The van der Waals surface area contributed by atoms with Crippen molar-refractivity contribution in [2.45, 2.75) is 77.5 Å². The van der Waals surface area contributed by atoms with Crippen LogP contribution in [0.1, 0.15) is 77.1 Å². The fourth-order valence-corrected chi connectivity index (χ4v) is 7.79. The number of carbonyl (C=O) groups is 3. The number of carbonyl (C=O) groups excluding carboxylic acids is 3. The van der Waals surface area contributed by atoms with Crippen LogP contribution in [0, 0.1) is 11.8 Å². The summed E-state index contributed by atoms with van der Waals surface area (Å²) in [7, 11) is 3.00. The molecule has 300 valence electrons. The van der Waals surface area contributed by atoms with Gasteiger partial charge in [-0.2, -0.15) is 4.98 Å². The van der Waals surface area contributed by atoms with Crippen molar-refractivity contribution in [3.8, 4) is 33.6 Å². The zero-order chi connectivity index (χ0) is 40.4. The van der Waals surface area contributed by atoms with Gasteiger partial charge < -0.3 is 40.9 Å². The molecule has 16 heteroatoms. The van der Waals surface area contributed by atoms with Crippen molar-refractivity contribution in [1.29, 1.82) is 0 Å². The molecule has 2 fully saturated rings. The smallest absolute Gasteiger partial charge is 0.407 e. The van der Waals surface area contributed by atoms with Crippen LogP contribution in [0.2, 0.25) is 0 Å². The van der Waals surface area contributed by atoms with Crippen molar-refractivity contribution in [1.82, 2.24) is 49.8 Å². The summed E-state index contributed by atoms with van der Waals surface area (Å²) >= 11 is 0. The van der Waals surface area contributed by atoms with Crippen molar-refractivity contribution >= 4 is 29.8 Å². The van der Waals surface area contributed by atoms with Gasteiger partial charge in [-0.25, -0.2) is 19.4 Å². The van der Waals surface area contributed by atoms with E-state index in [1.165, 1.54) is 11.8 Å². The van der Waals surface area contributed by atoms with Gasteiger partial charge in [-0.3, -0.25) is 9.59 Å². The lowest BCUT2D eigenvalue weighted by molar-refractivity contribution is -0.135. The van der Waals surface area contributed by atoms with E-state index in [1.54, 1.807) is 7.05 Å². The molecule has 0 radical (unpaired) electrons. The van der Waals surface area contributed by atoms with E-state index in [1.807, 2.05) is 49.9 Å². The minimum absolute atomic E-state index is 0.00142. The van der Waals surface area contributed by atoms with Gasteiger partial charge in [0, 0.05) is 20.1 Å². The summed E-state index contributed by atoms with van der Waals surface area (Å²) in [5, 5.41) is 10.2. The molecule has 0 spiro atoms.